The Labute approximate surface area is 229 Å². The number of carbonyl (C=O) groups is 2. The Bertz CT molecular complexity index is 1710. The van der Waals surface area contributed by atoms with Gasteiger partial charge in [-0.15, -0.1) is 11.3 Å². The number of aromatic nitrogens is 3. The lowest BCUT2D eigenvalue weighted by atomic mass is 9.97. The summed E-state index contributed by atoms with van der Waals surface area (Å²) in [5, 5.41) is 7.61. The van der Waals surface area contributed by atoms with Crippen molar-refractivity contribution in [2.45, 2.75) is 46.4 Å². The fourth-order valence-electron chi connectivity index (χ4n) is 5.77. The zero-order chi connectivity index (χ0) is 27.4. The molecular weight excluding hydrogens is 514 g/mol. The molecule has 1 aliphatic heterocycles. The molecule has 1 saturated heterocycles. The third kappa shape index (κ3) is 4.39. The fourth-order valence-corrected chi connectivity index (χ4v) is 6.31. The van der Waals surface area contributed by atoms with Gasteiger partial charge in [-0.1, -0.05) is 5.16 Å². The molecule has 0 bridgehead atoms. The van der Waals surface area contributed by atoms with Crippen LogP contribution in [0.3, 0.4) is 0 Å². The van der Waals surface area contributed by atoms with Gasteiger partial charge in [0.1, 0.15) is 5.76 Å². The van der Waals surface area contributed by atoms with E-state index in [2.05, 4.69) is 14.7 Å². The van der Waals surface area contributed by atoms with Crippen molar-refractivity contribution in [2.24, 2.45) is 5.73 Å². The molecule has 0 unspecified atom stereocenters. The molecule has 0 spiro atoms. The van der Waals surface area contributed by atoms with E-state index in [1.165, 1.54) is 11.3 Å². The van der Waals surface area contributed by atoms with E-state index in [9.17, 15) is 9.59 Å². The summed E-state index contributed by atoms with van der Waals surface area (Å²) in [7, 11) is 0. The molecule has 10 heteroatoms. The molecule has 3 aromatic heterocycles. The second-order valence-electron chi connectivity index (χ2n) is 10.2. The van der Waals surface area contributed by atoms with E-state index in [-0.39, 0.29) is 18.1 Å². The minimum atomic E-state index is -0.547. The molecule has 2 atom stereocenters. The molecule has 2 aromatic carbocycles. The second-order valence-corrected chi connectivity index (χ2v) is 11.0. The molecule has 0 aliphatic carbocycles. The maximum absolute atomic E-state index is 13.6. The molecule has 2 N–H and O–H groups in total. The standard InChI is InChI=1S/C29H29N5O4S/c1-15-10-33(11-16(2)37-15)29(36)19-5-6-24-22(7-19)27-23(28(30)35)8-20(26-17(3)32-38-18(26)4)9-25(27)34(24)12-21-13-39-14-31-21/h5-9,13-16H,10-12H2,1-4H3,(H2,30,35)/t15-,16+. The van der Waals surface area contributed by atoms with Crippen molar-refractivity contribution in [3.63, 3.8) is 0 Å². The first kappa shape index (κ1) is 25.3. The van der Waals surface area contributed by atoms with E-state index >= 15 is 0 Å². The maximum atomic E-state index is 13.6. The quantitative estimate of drug-likeness (QED) is 0.336. The predicted octanol–water partition coefficient (Wildman–Crippen LogP) is 4.92. The first-order chi connectivity index (χ1) is 18.7. The summed E-state index contributed by atoms with van der Waals surface area (Å²) >= 11 is 1.53. The summed E-state index contributed by atoms with van der Waals surface area (Å²) < 4.78 is 13.4. The summed E-state index contributed by atoms with van der Waals surface area (Å²) in [6.45, 7) is 9.22. The number of nitrogens with two attached hydrogens (primary N) is 1. The van der Waals surface area contributed by atoms with Crippen molar-refractivity contribution in [3.8, 4) is 11.1 Å². The van der Waals surface area contributed by atoms with Crippen LogP contribution in [-0.4, -0.2) is 56.7 Å². The van der Waals surface area contributed by atoms with E-state index in [4.69, 9.17) is 15.0 Å². The highest BCUT2D eigenvalue weighted by Crippen LogP contribution is 2.38. The monoisotopic (exact) mass is 543 g/mol. The minimum Gasteiger partial charge on any atom is -0.372 e. The van der Waals surface area contributed by atoms with Crippen LogP contribution in [0.5, 0.6) is 0 Å². The third-order valence-corrected chi connectivity index (χ3v) is 7.95. The number of aryl methyl sites for hydroxylation is 2. The zero-order valence-electron chi connectivity index (χ0n) is 22.2. The summed E-state index contributed by atoms with van der Waals surface area (Å²) in [6, 6.07) is 9.51. The van der Waals surface area contributed by atoms with E-state index in [1.807, 2.05) is 62.2 Å². The first-order valence-electron chi connectivity index (χ1n) is 12.9. The molecule has 4 heterocycles. The van der Waals surface area contributed by atoms with Crippen LogP contribution in [0.4, 0.5) is 0 Å². The molecule has 2 amide bonds. The van der Waals surface area contributed by atoms with Gasteiger partial charge in [-0.05, 0) is 63.6 Å². The molecule has 0 radical (unpaired) electrons. The van der Waals surface area contributed by atoms with Crippen LogP contribution in [0.2, 0.25) is 0 Å². The Balaban J connectivity index is 1.59. The second kappa shape index (κ2) is 9.62. The van der Waals surface area contributed by atoms with Crippen LogP contribution in [0.1, 0.15) is 51.7 Å². The van der Waals surface area contributed by atoms with Crippen molar-refractivity contribution in [1.82, 2.24) is 19.6 Å². The molecule has 9 nitrogen and oxygen atoms in total. The Hall–Kier alpha value is -4.02. The van der Waals surface area contributed by atoms with Crippen molar-refractivity contribution in [2.75, 3.05) is 13.1 Å². The topological polar surface area (TPSA) is 116 Å². The molecule has 1 fully saturated rings. The van der Waals surface area contributed by atoms with Crippen LogP contribution in [0, 0.1) is 13.8 Å². The number of morpholine rings is 1. The lowest BCUT2D eigenvalue weighted by Gasteiger charge is -2.35. The molecule has 200 valence electrons. The normalized spacial score (nSPS) is 17.8. The number of nitrogens with zero attached hydrogens (tertiary/aromatic N) is 4. The van der Waals surface area contributed by atoms with Gasteiger partial charge in [-0.25, -0.2) is 4.98 Å². The maximum Gasteiger partial charge on any atom is 0.254 e. The number of hydrogen-bond acceptors (Lipinski definition) is 7. The lowest BCUT2D eigenvalue weighted by Crippen LogP contribution is -2.48. The third-order valence-electron chi connectivity index (χ3n) is 7.31. The minimum absolute atomic E-state index is 0.0364. The number of fused-ring (bicyclic) bond motifs is 3. The molecule has 0 saturated carbocycles. The Kier molecular flexibility index (Phi) is 6.23. The predicted molar refractivity (Wildman–Crippen MR) is 150 cm³/mol. The van der Waals surface area contributed by atoms with Gasteiger partial charge in [0.25, 0.3) is 5.91 Å². The van der Waals surface area contributed by atoms with Gasteiger partial charge in [0.15, 0.2) is 0 Å². The highest BCUT2D eigenvalue weighted by atomic mass is 32.1. The van der Waals surface area contributed by atoms with Gasteiger partial charge in [-0.2, -0.15) is 0 Å². The van der Waals surface area contributed by atoms with E-state index in [0.717, 1.165) is 38.9 Å². The van der Waals surface area contributed by atoms with Gasteiger partial charge in [-0.3, -0.25) is 9.59 Å². The number of hydrogen-bond donors (Lipinski definition) is 1. The van der Waals surface area contributed by atoms with Gasteiger partial charge in [0, 0.05) is 51.4 Å². The van der Waals surface area contributed by atoms with Crippen molar-refractivity contribution < 1.29 is 18.8 Å². The SMILES string of the molecule is Cc1noc(C)c1-c1cc(C(N)=O)c2c3cc(C(=O)N4C[C@@H](C)O[C@@H](C)C4)ccc3n(Cc3cscn3)c2c1. The van der Waals surface area contributed by atoms with Crippen LogP contribution in [-0.2, 0) is 11.3 Å². The van der Waals surface area contributed by atoms with Crippen LogP contribution in [0.25, 0.3) is 32.9 Å². The molecule has 1 aliphatic rings. The fraction of sp³-hybridized carbons (Fsp3) is 0.310. The van der Waals surface area contributed by atoms with Gasteiger partial charge >= 0.3 is 0 Å². The smallest absolute Gasteiger partial charge is 0.254 e. The summed E-state index contributed by atoms with van der Waals surface area (Å²) in [5.41, 5.74) is 13.7. The number of ether oxygens (including phenoxy) is 1. The number of thiazole rings is 1. The van der Waals surface area contributed by atoms with Gasteiger partial charge in [0.2, 0.25) is 5.91 Å². The number of primary amides is 1. The summed E-state index contributed by atoms with van der Waals surface area (Å²) in [5.74, 6) is 0.0485. The van der Waals surface area contributed by atoms with Crippen LogP contribution >= 0.6 is 11.3 Å². The number of carbonyl (C=O) groups excluding carboxylic acids is 2. The summed E-state index contributed by atoms with van der Waals surface area (Å²) in [6.07, 6.45) is -0.0728. The summed E-state index contributed by atoms with van der Waals surface area (Å²) in [4.78, 5) is 32.8. The van der Waals surface area contributed by atoms with Crippen molar-refractivity contribution in [3.05, 3.63) is 69.5 Å². The average molecular weight is 544 g/mol. The molecule has 39 heavy (non-hydrogen) atoms. The van der Waals surface area contributed by atoms with Crippen LogP contribution < -0.4 is 5.73 Å². The number of rotatable bonds is 5. The zero-order valence-corrected chi connectivity index (χ0v) is 23.0. The molecular formula is C29H29N5O4S. The van der Waals surface area contributed by atoms with Crippen LogP contribution in [0.15, 0.2) is 45.7 Å². The van der Waals surface area contributed by atoms with E-state index in [0.29, 0.717) is 41.9 Å². The Morgan fingerprint density at radius 3 is 2.51 bits per heavy atom. The number of amides is 2. The van der Waals surface area contributed by atoms with E-state index in [1.54, 1.807) is 11.6 Å². The van der Waals surface area contributed by atoms with E-state index < -0.39 is 5.91 Å². The lowest BCUT2D eigenvalue weighted by molar-refractivity contribution is -0.0586. The molecule has 5 aromatic rings. The largest absolute Gasteiger partial charge is 0.372 e. The first-order valence-corrected chi connectivity index (χ1v) is 13.8. The highest BCUT2D eigenvalue weighted by molar-refractivity contribution is 7.07. The van der Waals surface area contributed by atoms with Crippen molar-refractivity contribution in [1.29, 1.82) is 0 Å². The van der Waals surface area contributed by atoms with Gasteiger partial charge < -0.3 is 24.5 Å². The van der Waals surface area contributed by atoms with Gasteiger partial charge in [0.05, 0.1) is 41.2 Å². The molecule has 6 rings (SSSR count). The van der Waals surface area contributed by atoms with Crippen molar-refractivity contribution >= 4 is 45.0 Å². The Morgan fingerprint density at radius 2 is 1.87 bits per heavy atom. The Morgan fingerprint density at radius 1 is 1.10 bits per heavy atom. The highest BCUT2D eigenvalue weighted by Gasteiger charge is 2.28. The average Bonchev–Trinajstić information content (AvgIpc) is 3.61. The number of benzene rings is 2.